The molecule has 0 spiro atoms. The molecule has 0 saturated carbocycles. The summed E-state index contributed by atoms with van der Waals surface area (Å²) in [4.78, 5) is 4.36. The predicted octanol–water partition coefficient (Wildman–Crippen LogP) is 1.40. The highest BCUT2D eigenvalue weighted by Crippen LogP contribution is 2.10. The van der Waals surface area contributed by atoms with Crippen LogP contribution < -0.4 is 10.5 Å². The fourth-order valence-electron chi connectivity index (χ4n) is 1.62. The van der Waals surface area contributed by atoms with E-state index < -0.39 is 0 Å². The van der Waals surface area contributed by atoms with Crippen molar-refractivity contribution in [1.82, 2.24) is 9.55 Å². The molecule has 84 valence electrons. The zero-order valence-corrected chi connectivity index (χ0v) is 9.26. The summed E-state index contributed by atoms with van der Waals surface area (Å²) in [7, 11) is 1.62. The summed E-state index contributed by atoms with van der Waals surface area (Å²) in [6, 6.07) is 9.75. The van der Waals surface area contributed by atoms with Crippen LogP contribution in [0, 0.1) is 0 Å². The van der Waals surface area contributed by atoms with Gasteiger partial charge in [-0.2, -0.15) is 0 Å². The third-order valence-electron chi connectivity index (χ3n) is 2.46. The maximum atomic E-state index is 5.64. The van der Waals surface area contributed by atoms with Gasteiger partial charge in [0.1, 0.15) is 0 Å². The summed E-state index contributed by atoms with van der Waals surface area (Å²) in [5, 5.41) is 0. The lowest BCUT2D eigenvalue weighted by molar-refractivity contribution is 0.396. The van der Waals surface area contributed by atoms with E-state index in [1.807, 2.05) is 36.5 Å². The van der Waals surface area contributed by atoms with Gasteiger partial charge >= 0.3 is 0 Å². The van der Waals surface area contributed by atoms with Crippen molar-refractivity contribution in [2.75, 3.05) is 7.11 Å². The van der Waals surface area contributed by atoms with Crippen LogP contribution in [0.1, 0.15) is 11.4 Å². The Kier molecular flexibility index (Phi) is 3.22. The maximum absolute atomic E-state index is 5.64. The number of nitrogens with zero attached hydrogens (tertiary/aromatic N) is 2. The van der Waals surface area contributed by atoms with Crippen molar-refractivity contribution in [3.8, 4) is 5.88 Å². The lowest BCUT2D eigenvalue weighted by Gasteiger charge is -2.08. The Morgan fingerprint density at radius 2 is 2.19 bits per heavy atom. The van der Waals surface area contributed by atoms with Crippen LogP contribution in [-0.2, 0) is 13.1 Å². The molecular formula is C12H15N3O. The number of methoxy groups -OCH3 is 1. The molecule has 2 rings (SSSR count). The molecule has 2 heterocycles. The second-order valence-corrected chi connectivity index (χ2v) is 3.50. The van der Waals surface area contributed by atoms with E-state index in [9.17, 15) is 0 Å². The first-order valence-corrected chi connectivity index (χ1v) is 5.17. The quantitative estimate of drug-likeness (QED) is 0.842. The Morgan fingerprint density at radius 3 is 2.94 bits per heavy atom. The number of nitrogens with two attached hydrogens (primary N) is 1. The Morgan fingerprint density at radius 1 is 1.31 bits per heavy atom. The molecule has 0 amide bonds. The number of aromatic nitrogens is 2. The normalized spacial score (nSPS) is 10.4. The van der Waals surface area contributed by atoms with Crippen molar-refractivity contribution in [3.63, 3.8) is 0 Å². The lowest BCUT2D eigenvalue weighted by Crippen LogP contribution is -2.08. The average Bonchev–Trinajstić information content (AvgIpc) is 2.76. The molecule has 4 nitrogen and oxygen atoms in total. The fourth-order valence-corrected chi connectivity index (χ4v) is 1.62. The fraction of sp³-hybridized carbons (Fsp3) is 0.250. The monoisotopic (exact) mass is 217 g/mol. The molecule has 2 aromatic rings. The number of hydrogen-bond donors (Lipinski definition) is 1. The smallest absolute Gasteiger partial charge is 0.213 e. The average molecular weight is 217 g/mol. The zero-order chi connectivity index (χ0) is 11.4. The van der Waals surface area contributed by atoms with E-state index in [0.29, 0.717) is 12.4 Å². The third-order valence-corrected chi connectivity index (χ3v) is 2.46. The second kappa shape index (κ2) is 4.81. The first-order chi connectivity index (χ1) is 7.83. The van der Waals surface area contributed by atoms with Gasteiger partial charge in [0, 0.05) is 24.5 Å². The van der Waals surface area contributed by atoms with Crippen LogP contribution in [0.4, 0.5) is 0 Å². The van der Waals surface area contributed by atoms with Crippen LogP contribution in [0.3, 0.4) is 0 Å². The summed E-state index contributed by atoms with van der Waals surface area (Å²) in [6.45, 7) is 1.26. The van der Waals surface area contributed by atoms with Crippen molar-refractivity contribution < 1.29 is 4.74 Å². The van der Waals surface area contributed by atoms with Gasteiger partial charge in [0.2, 0.25) is 5.88 Å². The van der Waals surface area contributed by atoms with Gasteiger partial charge in [0.25, 0.3) is 0 Å². The molecule has 0 aliphatic carbocycles. The third kappa shape index (κ3) is 2.23. The van der Waals surface area contributed by atoms with Crippen molar-refractivity contribution in [3.05, 3.63) is 47.9 Å². The van der Waals surface area contributed by atoms with Crippen molar-refractivity contribution in [2.24, 2.45) is 5.73 Å². The highest BCUT2D eigenvalue weighted by atomic mass is 16.5. The summed E-state index contributed by atoms with van der Waals surface area (Å²) in [5.41, 5.74) is 7.70. The maximum Gasteiger partial charge on any atom is 0.213 e. The zero-order valence-electron chi connectivity index (χ0n) is 9.26. The highest BCUT2D eigenvalue weighted by Gasteiger charge is 2.02. The van der Waals surface area contributed by atoms with E-state index in [2.05, 4.69) is 9.55 Å². The van der Waals surface area contributed by atoms with E-state index in [-0.39, 0.29) is 0 Å². The van der Waals surface area contributed by atoms with Crippen LogP contribution in [0.5, 0.6) is 5.88 Å². The molecule has 0 radical (unpaired) electrons. The van der Waals surface area contributed by atoms with Gasteiger partial charge in [-0.25, -0.2) is 4.98 Å². The molecule has 0 unspecified atom stereocenters. The van der Waals surface area contributed by atoms with Gasteiger partial charge in [-0.3, -0.25) is 0 Å². The molecule has 0 aliphatic rings. The van der Waals surface area contributed by atoms with E-state index in [0.717, 1.165) is 17.9 Å². The van der Waals surface area contributed by atoms with E-state index in [4.69, 9.17) is 10.5 Å². The summed E-state index contributed by atoms with van der Waals surface area (Å²) < 4.78 is 7.17. The van der Waals surface area contributed by atoms with Crippen LogP contribution >= 0.6 is 0 Å². The minimum absolute atomic E-state index is 0.539. The molecule has 0 bridgehead atoms. The SMILES string of the molecule is COc1cccc(Cn2cccc2CN)n1. The van der Waals surface area contributed by atoms with Crippen LogP contribution in [0.25, 0.3) is 0 Å². The van der Waals surface area contributed by atoms with E-state index in [1.54, 1.807) is 7.11 Å². The number of pyridine rings is 1. The van der Waals surface area contributed by atoms with Crippen LogP contribution in [0.15, 0.2) is 36.5 Å². The van der Waals surface area contributed by atoms with Gasteiger partial charge in [-0.05, 0) is 18.2 Å². The van der Waals surface area contributed by atoms with Crippen molar-refractivity contribution in [1.29, 1.82) is 0 Å². The van der Waals surface area contributed by atoms with Crippen molar-refractivity contribution in [2.45, 2.75) is 13.1 Å². The summed E-state index contributed by atoms with van der Waals surface area (Å²) >= 11 is 0. The van der Waals surface area contributed by atoms with Gasteiger partial charge in [-0.1, -0.05) is 6.07 Å². The Balaban J connectivity index is 2.20. The summed E-state index contributed by atoms with van der Waals surface area (Å²) in [5.74, 6) is 0.638. The first-order valence-electron chi connectivity index (χ1n) is 5.17. The largest absolute Gasteiger partial charge is 0.481 e. The minimum atomic E-state index is 0.539. The Bertz CT molecular complexity index is 465. The Hall–Kier alpha value is -1.81. The molecular weight excluding hydrogens is 202 g/mol. The van der Waals surface area contributed by atoms with Gasteiger partial charge in [0.15, 0.2) is 0 Å². The molecule has 2 aromatic heterocycles. The van der Waals surface area contributed by atoms with Gasteiger partial charge < -0.3 is 15.0 Å². The number of hydrogen-bond acceptors (Lipinski definition) is 3. The van der Waals surface area contributed by atoms with E-state index >= 15 is 0 Å². The minimum Gasteiger partial charge on any atom is -0.481 e. The van der Waals surface area contributed by atoms with Crippen LogP contribution in [-0.4, -0.2) is 16.7 Å². The predicted molar refractivity (Wildman–Crippen MR) is 62.2 cm³/mol. The number of rotatable bonds is 4. The topological polar surface area (TPSA) is 53.1 Å². The molecule has 0 saturated heterocycles. The molecule has 4 heteroatoms. The lowest BCUT2D eigenvalue weighted by atomic mass is 10.3. The summed E-state index contributed by atoms with van der Waals surface area (Å²) in [6.07, 6.45) is 2.00. The van der Waals surface area contributed by atoms with Gasteiger partial charge in [-0.15, -0.1) is 0 Å². The first kappa shape index (κ1) is 10.7. The Labute approximate surface area is 94.7 Å². The molecule has 0 aromatic carbocycles. The molecule has 0 fully saturated rings. The van der Waals surface area contributed by atoms with Crippen molar-refractivity contribution >= 4 is 0 Å². The van der Waals surface area contributed by atoms with Crippen LogP contribution in [0.2, 0.25) is 0 Å². The van der Waals surface area contributed by atoms with Gasteiger partial charge in [0.05, 0.1) is 19.3 Å². The molecule has 0 atom stereocenters. The molecule has 2 N–H and O–H groups in total. The molecule has 16 heavy (non-hydrogen) atoms. The number of ether oxygens (including phenoxy) is 1. The second-order valence-electron chi connectivity index (χ2n) is 3.50. The highest BCUT2D eigenvalue weighted by molar-refractivity contribution is 5.17. The molecule has 0 aliphatic heterocycles. The van der Waals surface area contributed by atoms with E-state index in [1.165, 1.54) is 0 Å². The standard InChI is InChI=1S/C12H15N3O/c1-16-12-6-2-4-10(14-12)9-15-7-3-5-11(15)8-13/h2-7H,8-9,13H2,1H3.